The van der Waals surface area contributed by atoms with Crippen LogP contribution in [-0.2, 0) is 16.6 Å². The number of halogens is 1. The SMILES string of the molecule is O=C(NCc1ccccc1)c1cc(S(=O)(=O)N2CCCCC2)ccc1F. The molecule has 2 aromatic rings. The van der Waals surface area contributed by atoms with Crippen LogP contribution in [-0.4, -0.2) is 31.7 Å². The molecular formula is C19H21FN2O3S. The van der Waals surface area contributed by atoms with Crippen LogP contribution in [0.1, 0.15) is 35.2 Å². The summed E-state index contributed by atoms with van der Waals surface area (Å²) in [6, 6.07) is 12.6. The van der Waals surface area contributed by atoms with Crippen molar-refractivity contribution in [3.05, 3.63) is 65.5 Å². The van der Waals surface area contributed by atoms with Crippen LogP contribution in [0.5, 0.6) is 0 Å². The van der Waals surface area contributed by atoms with Gasteiger partial charge in [0.2, 0.25) is 10.0 Å². The molecule has 1 fully saturated rings. The number of amides is 1. The Hall–Kier alpha value is -2.25. The van der Waals surface area contributed by atoms with E-state index in [9.17, 15) is 17.6 Å². The minimum atomic E-state index is -3.72. The minimum Gasteiger partial charge on any atom is -0.348 e. The van der Waals surface area contributed by atoms with Crippen molar-refractivity contribution in [3.63, 3.8) is 0 Å². The number of nitrogens with zero attached hydrogens (tertiary/aromatic N) is 1. The van der Waals surface area contributed by atoms with Crippen LogP contribution in [0.4, 0.5) is 4.39 Å². The Balaban J connectivity index is 1.79. The van der Waals surface area contributed by atoms with Crippen molar-refractivity contribution >= 4 is 15.9 Å². The van der Waals surface area contributed by atoms with Gasteiger partial charge in [-0.25, -0.2) is 12.8 Å². The Morgan fingerprint density at radius 3 is 2.42 bits per heavy atom. The lowest BCUT2D eigenvalue weighted by molar-refractivity contribution is 0.0946. The molecular weight excluding hydrogens is 355 g/mol. The van der Waals surface area contributed by atoms with E-state index in [-0.39, 0.29) is 17.0 Å². The van der Waals surface area contributed by atoms with Crippen molar-refractivity contribution < 1.29 is 17.6 Å². The maximum atomic E-state index is 14.1. The molecule has 1 amide bonds. The maximum absolute atomic E-state index is 14.1. The summed E-state index contributed by atoms with van der Waals surface area (Å²) in [5.74, 6) is -1.38. The number of carbonyl (C=O) groups excluding carboxylic acids is 1. The van der Waals surface area contributed by atoms with Crippen LogP contribution in [0, 0.1) is 5.82 Å². The first-order valence-corrected chi connectivity index (χ1v) is 10.0. The fourth-order valence-corrected chi connectivity index (χ4v) is 4.51. The standard InChI is InChI=1S/C19H21FN2O3S/c20-18-10-9-16(26(24,25)22-11-5-2-6-12-22)13-17(18)19(23)21-14-15-7-3-1-4-8-15/h1,3-4,7-10,13H,2,5-6,11-12,14H2,(H,21,23). The highest BCUT2D eigenvalue weighted by Gasteiger charge is 2.27. The Labute approximate surface area is 152 Å². The topological polar surface area (TPSA) is 66.5 Å². The van der Waals surface area contributed by atoms with Crippen LogP contribution in [0.3, 0.4) is 0 Å². The zero-order valence-electron chi connectivity index (χ0n) is 14.3. The fourth-order valence-electron chi connectivity index (χ4n) is 2.97. The molecule has 0 radical (unpaired) electrons. The average molecular weight is 376 g/mol. The van der Waals surface area contributed by atoms with Gasteiger partial charge in [-0.2, -0.15) is 4.31 Å². The highest BCUT2D eigenvalue weighted by Crippen LogP contribution is 2.22. The Kier molecular flexibility index (Phi) is 5.68. The van der Waals surface area contributed by atoms with Gasteiger partial charge in [-0.15, -0.1) is 0 Å². The first-order chi connectivity index (χ1) is 12.5. The number of nitrogens with one attached hydrogen (secondary N) is 1. The molecule has 0 aliphatic carbocycles. The average Bonchev–Trinajstić information content (AvgIpc) is 2.68. The molecule has 0 spiro atoms. The molecule has 0 saturated carbocycles. The third-order valence-electron chi connectivity index (χ3n) is 4.43. The second-order valence-corrected chi connectivity index (χ2v) is 8.21. The molecule has 0 aromatic heterocycles. The van der Waals surface area contributed by atoms with Crippen molar-refractivity contribution in [1.82, 2.24) is 9.62 Å². The van der Waals surface area contributed by atoms with Gasteiger partial charge in [0.1, 0.15) is 5.82 Å². The van der Waals surface area contributed by atoms with Gasteiger partial charge in [0.25, 0.3) is 5.91 Å². The molecule has 1 saturated heterocycles. The molecule has 1 heterocycles. The van der Waals surface area contributed by atoms with Crippen molar-refractivity contribution in [3.8, 4) is 0 Å². The lowest BCUT2D eigenvalue weighted by atomic mass is 10.2. The highest BCUT2D eigenvalue weighted by atomic mass is 32.2. The van der Waals surface area contributed by atoms with Gasteiger partial charge in [-0.1, -0.05) is 36.8 Å². The van der Waals surface area contributed by atoms with Crippen molar-refractivity contribution in [1.29, 1.82) is 0 Å². The van der Waals surface area contributed by atoms with Crippen molar-refractivity contribution in [2.24, 2.45) is 0 Å². The third-order valence-corrected chi connectivity index (χ3v) is 6.33. The third kappa shape index (κ3) is 4.11. The zero-order valence-corrected chi connectivity index (χ0v) is 15.1. The molecule has 0 bridgehead atoms. The monoisotopic (exact) mass is 376 g/mol. The first-order valence-electron chi connectivity index (χ1n) is 8.60. The Morgan fingerprint density at radius 2 is 1.73 bits per heavy atom. The summed E-state index contributed by atoms with van der Waals surface area (Å²) >= 11 is 0. The largest absolute Gasteiger partial charge is 0.348 e. The Bertz CT molecular complexity index is 879. The number of benzene rings is 2. The summed E-state index contributed by atoms with van der Waals surface area (Å²) in [5.41, 5.74) is 0.609. The van der Waals surface area contributed by atoms with Gasteiger partial charge < -0.3 is 5.32 Å². The lowest BCUT2D eigenvalue weighted by Crippen LogP contribution is -2.35. The van der Waals surface area contributed by atoms with Crippen molar-refractivity contribution in [2.75, 3.05) is 13.1 Å². The smallest absolute Gasteiger partial charge is 0.254 e. The van der Waals surface area contributed by atoms with Gasteiger partial charge in [0, 0.05) is 19.6 Å². The summed E-state index contributed by atoms with van der Waals surface area (Å²) in [7, 11) is -3.72. The van der Waals surface area contributed by atoms with Crippen LogP contribution in [0.2, 0.25) is 0 Å². The van der Waals surface area contributed by atoms with Crippen LogP contribution < -0.4 is 5.32 Å². The van der Waals surface area contributed by atoms with Gasteiger partial charge in [0.15, 0.2) is 0 Å². The van der Waals surface area contributed by atoms with E-state index in [0.717, 1.165) is 37.0 Å². The molecule has 1 aliphatic rings. The van der Waals surface area contributed by atoms with Crippen LogP contribution in [0.15, 0.2) is 53.4 Å². The maximum Gasteiger partial charge on any atom is 0.254 e. The highest BCUT2D eigenvalue weighted by molar-refractivity contribution is 7.89. The molecule has 5 nitrogen and oxygen atoms in total. The lowest BCUT2D eigenvalue weighted by Gasteiger charge is -2.26. The normalized spacial score (nSPS) is 15.6. The summed E-state index contributed by atoms with van der Waals surface area (Å²) in [6.07, 6.45) is 2.62. The minimum absolute atomic E-state index is 0.0503. The van der Waals surface area contributed by atoms with E-state index in [4.69, 9.17) is 0 Å². The Morgan fingerprint density at radius 1 is 1.04 bits per heavy atom. The zero-order chi connectivity index (χ0) is 18.6. The van der Waals surface area contributed by atoms with E-state index >= 15 is 0 Å². The quantitative estimate of drug-likeness (QED) is 0.873. The van der Waals surface area contributed by atoms with E-state index in [0.29, 0.717) is 13.1 Å². The number of carbonyl (C=O) groups is 1. The number of rotatable bonds is 5. The van der Waals surface area contributed by atoms with E-state index in [1.54, 1.807) is 0 Å². The van der Waals surface area contributed by atoms with Gasteiger partial charge in [-0.05, 0) is 36.6 Å². The fraction of sp³-hybridized carbons (Fsp3) is 0.316. The molecule has 0 atom stereocenters. The van der Waals surface area contributed by atoms with Gasteiger partial charge in [-0.3, -0.25) is 4.79 Å². The number of piperidine rings is 1. The molecule has 1 N–H and O–H groups in total. The summed E-state index contributed by atoms with van der Waals surface area (Å²) < 4.78 is 41.0. The number of sulfonamides is 1. The molecule has 1 aliphatic heterocycles. The van der Waals surface area contributed by atoms with E-state index in [1.165, 1.54) is 10.4 Å². The number of hydrogen-bond donors (Lipinski definition) is 1. The van der Waals surface area contributed by atoms with Gasteiger partial charge >= 0.3 is 0 Å². The van der Waals surface area contributed by atoms with E-state index in [1.807, 2.05) is 30.3 Å². The molecule has 0 unspecified atom stereocenters. The predicted molar refractivity (Wildman–Crippen MR) is 96.6 cm³/mol. The molecule has 26 heavy (non-hydrogen) atoms. The van der Waals surface area contributed by atoms with Crippen molar-refractivity contribution in [2.45, 2.75) is 30.7 Å². The second kappa shape index (κ2) is 7.97. The summed E-state index contributed by atoms with van der Waals surface area (Å²) in [4.78, 5) is 12.3. The number of hydrogen-bond acceptors (Lipinski definition) is 3. The summed E-state index contributed by atoms with van der Waals surface area (Å²) in [6.45, 7) is 1.15. The second-order valence-electron chi connectivity index (χ2n) is 6.27. The van der Waals surface area contributed by atoms with Gasteiger partial charge in [0.05, 0.1) is 10.5 Å². The molecule has 7 heteroatoms. The summed E-state index contributed by atoms with van der Waals surface area (Å²) in [5, 5.41) is 2.63. The first kappa shape index (κ1) is 18.5. The molecule has 138 valence electrons. The predicted octanol–water partition coefficient (Wildman–Crippen LogP) is 2.93. The molecule has 3 rings (SSSR count). The van der Waals surface area contributed by atoms with Crippen LogP contribution in [0.25, 0.3) is 0 Å². The van der Waals surface area contributed by atoms with Crippen LogP contribution >= 0.6 is 0 Å². The molecule has 2 aromatic carbocycles. The van der Waals surface area contributed by atoms with E-state index in [2.05, 4.69) is 5.32 Å². The van der Waals surface area contributed by atoms with E-state index < -0.39 is 21.7 Å².